The molecule has 0 fully saturated rings. The van der Waals surface area contributed by atoms with Gasteiger partial charge in [-0.05, 0) is 139 Å². The summed E-state index contributed by atoms with van der Waals surface area (Å²) in [5.41, 5.74) is 20.5. The minimum absolute atomic E-state index is 0.0165. The Balaban J connectivity index is 1.46. The molecule has 5 aromatic carbocycles. The maximum Gasteiger partial charge on any atom is 0.252 e. The fourth-order valence-electron chi connectivity index (χ4n) is 9.85. The number of benzene rings is 5. The topological polar surface area (TPSA) is 6.48 Å². The first-order chi connectivity index (χ1) is 24.6. The van der Waals surface area contributed by atoms with Crippen molar-refractivity contribution in [2.45, 2.75) is 130 Å². The molecule has 0 bridgehead atoms. The second-order valence-electron chi connectivity index (χ2n) is 20.8. The highest BCUT2D eigenvalue weighted by Crippen LogP contribution is 2.52. The van der Waals surface area contributed by atoms with Gasteiger partial charge in [0.2, 0.25) is 0 Å². The van der Waals surface area contributed by atoms with E-state index in [4.69, 9.17) is 0 Å². The molecule has 272 valence electrons. The van der Waals surface area contributed by atoms with Crippen LogP contribution in [0.2, 0.25) is 0 Å². The smallest absolute Gasteiger partial charge is 0.252 e. The van der Waals surface area contributed by atoms with Gasteiger partial charge in [0.25, 0.3) is 6.71 Å². The van der Waals surface area contributed by atoms with Crippen molar-refractivity contribution in [3.8, 4) is 0 Å². The van der Waals surface area contributed by atoms with Crippen LogP contribution in [0.15, 0.2) is 91.0 Å². The summed E-state index contributed by atoms with van der Waals surface area (Å²) < 4.78 is 0. The molecule has 0 unspecified atom stereocenters. The Labute approximate surface area is 320 Å². The second kappa shape index (κ2) is 11.4. The van der Waals surface area contributed by atoms with Crippen LogP contribution in [0.1, 0.15) is 130 Å². The lowest BCUT2D eigenvalue weighted by molar-refractivity contribution is 0.403. The first-order valence-corrected chi connectivity index (χ1v) is 19.9. The van der Waals surface area contributed by atoms with Crippen LogP contribution in [-0.4, -0.2) is 6.71 Å². The van der Waals surface area contributed by atoms with Crippen molar-refractivity contribution >= 4 is 57.2 Å². The summed E-state index contributed by atoms with van der Waals surface area (Å²) in [4.78, 5) is 5.17. The van der Waals surface area contributed by atoms with Gasteiger partial charge in [0.05, 0.1) is 0 Å². The molecular formula is C50H59BN2. The molecule has 1 aliphatic carbocycles. The number of hydrogen-bond acceptors (Lipinski definition) is 2. The van der Waals surface area contributed by atoms with Crippen LogP contribution in [0, 0.1) is 6.92 Å². The zero-order valence-electron chi connectivity index (χ0n) is 34.8. The maximum absolute atomic E-state index is 2.62. The van der Waals surface area contributed by atoms with Crippen LogP contribution in [0.4, 0.5) is 34.1 Å². The Morgan fingerprint density at radius 2 is 0.981 bits per heavy atom. The van der Waals surface area contributed by atoms with Gasteiger partial charge in [-0.25, -0.2) is 0 Å². The van der Waals surface area contributed by atoms with Gasteiger partial charge in [0.15, 0.2) is 0 Å². The van der Waals surface area contributed by atoms with Gasteiger partial charge in [-0.15, -0.1) is 0 Å². The van der Waals surface area contributed by atoms with Gasteiger partial charge < -0.3 is 9.80 Å². The van der Waals surface area contributed by atoms with E-state index in [9.17, 15) is 0 Å². The van der Waals surface area contributed by atoms with Gasteiger partial charge >= 0.3 is 0 Å². The summed E-state index contributed by atoms with van der Waals surface area (Å²) >= 11 is 0. The van der Waals surface area contributed by atoms with Crippen molar-refractivity contribution in [2.75, 3.05) is 9.80 Å². The van der Waals surface area contributed by atoms with Crippen molar-refractivity contribution in [3.63, 3.8) is 0 Å². The summed E-state index contributed by atoms with van der Waals surface area (Å²) in [6.07, 6.45) is 1.15. The number of nitrogens with zero attached hydrogens (tertiary/aromatic N) is 2. The standard InChI is InChI=1S/C50H59BN2/c1-31-25-43-45-44(26-31)53(36-21-22-37-38(29-36)50(13,14)30-49(37,11)12)42-28-34(48(8,9)10)17-23-39(42)51(45)40-27-33(47(5,6)7)18-24-41(40)52(43)35-19-15-32(16-20-35)46(2,3)4/h15-29H,30H2,1-14H3. The Kier molecular flexibility index (Phi) is 7.69. The zero-order chi connectivity index (χ0) is 38.2. The van der Waals surface area contributed by atoms with Crippen LogP contribution >= 0.6 is 0 Å². The van der Waals surface area contributed by atoms with E-state index in [0.29, 0.717) is 0 Å². The average Bonchev–Trinajstić information content (AvgIpc) is 3.24. The number of rotatable bonds is 2. The zero-order valence-corrected chi connectivity index (χ0v) is 34.8. The normalized spacial score (nSPS) is 17.0. The van der Waals surface area contributed by atoms with Crippen LogP contribution < -0.4 is 26.2 Å². The molecule has 53 heavy (non-hydrogen) atoms. The molecule has 2 aliphatic heterocycles. The molecule has 0 saturated heterocycles. The van der Waals surface area contributed by atoms with E-state index in [1.807, 2.05) is 0 Å². The summed E-state index contributed by atoms with van der Waals surface area (Å²) in [5.74, 6) is 0. The highest BCUT2D eigenvalue weighted by molar-refractivity contribution is 7.00. The SMILES string of the molecule is Cc1cc2c3c(c1)N(c1ccc4c(c1)C(C)(C)CC4(C)C)c1cc(C(C)(C)C)ccc1B3c1cc(C(C)(C)C)ccc1N2c1ccc(C(C)(C)C)cc1. The maximum atomic E-state index is 2.62. The Morgan fingerprint density at radius 3 is 1.58 bits per heavy atom. The molecule has 0 aromatic heterocycles. The lowest BCUT2D eigenvalue weighted by atomic mass is 9.33. The first-order valence-electron chi connectivity index (χ1n) is 19.9. The number of aryl methyl sites for hydroxylation is 1. The molecule has 3 heteroatoms. The molecule has 3 aliphatic rings. The molecule has 0 spiro atoms. The third kappa shape index (κ3) is 5.68. The predicted octanol–water partition coefficient (Wildman–Crippen LogP) is 11.9. The Bertz CT molecular complexity index is 2290. The fraction of sp³-hybridized carbons (Fsp3) is 0.400. The van der Waals surface area contributed by atoms with Crippen LogP contribution in [0.5, 0.6) is 0 Å². The van der Waals surface area contributed by atoms with Crippen molar-refractivity contribution in [3.05, 3.63) is 124 Å². The van der Waals surface area contributed by atoms with Crippen molar-refractivity contribution in [2.24, 2.45) is 0 Å². The van der Waals surface area contributed by atoms with Gasteiger partial charge in [0, 0.05) is 34.1 Å². The molecular weight excluding hydrogens is 639 g/mol. The molecule has 0 atom stereocenters. The summed E-state index contributed by atoms with van der Waals surface area (Å²) in [5, 5.41) is 0. The van der Waals surface area contributed by atoms with E-state index in [1.54, 1.807) is 0 Å². The van der Waals surface area contributed by atoms with Gasteiger partial charge in [-0.1, -0.05) is 132 Å². The molecule has 0 saturated carbocycles. The molecule has 0 radical (unpaired) electrons. The fourth-order valence-corrected chi connectivity index (χ4v) is 9.85. The third-order valence-electron chi connectivity index (χ3n) is 12.5. The lowest BCUT2D eigenvalue weighted by Gasteiger charge is -2.45. The average molecular weight is 699 g/mol. The van der Waals surface area contributed by atoms with Crippen LogP contribution in [-0.2, 0) is 27.1 Å². The van der Waals surface area contributed by atoms with Gasteiger partial charge in [-0.3, -0.25) is 0 Å². The predicted molar refractivity (Wildman–Crippen MR) is 232 cm³/mol. The van der Waals surface area contributed by atoms with Crippen molar-refractivity contribution in [1.29, 1.82) is 0 Å². The van der Waals surface area contributed by atoms with E-state index in [1.165, 1.54) is 83.9 Å². The van der Waals surface area contributed by atoms with Crippen molar-refractivity contribution in [1.82, 2.24) is 0 Å². The van der Waals surface area contributed by atoms with E-state index < -0.39 is 0 Å². The van der Waals surface area contributed by atoms with Crippen LogP contribution in [0.25, 0.3) is 0 Å². The molecule has 0 N–H and O–H groups in total. The largest absolute Gasteiger partial charge is 0.311 e. The van der Waals surface area contributed by atoms with Gasteiger partial charge in [0.1, 0.15) is 0 Å². The third-order valence-corrected chi connectivity index (χ3v) is 12.5. The Morgan fingerprint density at radius 1 is 0.472 bits per heavy atom. The van der Waals surface area contributed by atoms with E-state index in [-0.39, 0.29) is 33.8 Å². The second-order valence-corrected chi connectivity index (χ2v) is 20.8. The monoisotopic (exact) mass is 698 g/mol. The minimum Gasteiger partial charge on any atom is -0.311 e. The van der Waals surface area contributed by atoms with Crippen LogP contribution in [0.3, 0.4) is 0 Å². The minimum atomic E-state index is 0.0165. The molecule has 5 aromatic rings. The number of anilines is 6. The summed E-state index contributed by atoms with van der Waals surface area (Å²) in [7, 11) is 0. The lowest BCUT2D eigenvalue weighted by Crippen LogP contribution is -2.61. The summed E-state index contributed by atoms with van der Waals surface area (Å²) in [6.45, 7) is 33.0. The van der Waals surface area contributed by atoms with E-state index >= 15 is 0 Å². The number of fused-ring (bicyclic) bond motifs is 5. The quantitative estimate of drug-likeness (QED) is 0.166. The van der Waals surface area contributed by atoms with E-state index in [0.717, 1.165) is 6.42 Å². The Hall–Kier alpha value is -4.24. The molecule has 2 heterocycles. The highest BCUT2D eigenvalue weighted by Gasteiger charge is 2.46. The molecule has 8 rings (SSSR count). The van der Waals surface area contributed by atoms with Crippen molar-refractivity contribution < 1.29 is 0 Å². The highest BCUT2D eigenvalue weighted by atomic mass is 15.2. The van der Waals surface area contributed by atoms with Gasteiger partial charge in [-0.2, -0.15) is 0 Å². The summed E-state index contributed by atoms with van der Waals surface area (Å²) in [6, 6.07) is 36.3. The molecule has 0 amide bonds. The first kappa shape index (κ1) is 35.8. The van der Waals surface area contributed by atoms with E-state index in [2.05, 4.69) is 198 Å². The molecule has 2 nitrogen and oxygen atoms in total. The number of hydrogen-bond donors (Lipinski definition) is 0.